The van der Waals surface area contributed by atoms with Gasteiger partial charge in [0.1, 0.15) is 0 Å². The lowest BCUT2D eigenvalue weighted by molar-refractivity contribution is -0.126. The fourth-order valence-corrected chi connectivity index (χ4v) is 3.52. The SMILES string of the molecule is CCC1CN(CC(=O)NCCSc2ccc(C)cc2)CC(C)O1. The zero-order valence-electron chi connectivity index (χ0n) is 14.4. The van der Waals surface area contributed by atoms with Crippen molar-refractivity contribution in [2.24, 2.45) is 0 Å². The van der Waals surface area contributed by atoms with Crippen molar-refractivity contribution in [1.82, 2.24) is 10.2 Å². The first kappa shape index (κ1) is 18.3. The van der Waals surface area contributed by atoms with Crippen LogP contribution < -0.4 is 5.32 Å². The summed E-state index contributed by atoms with van der Waals surface area (Å²) in [6, 6.07) is 8.49. The third-order valence-electron chi connectivity index (χ3n) is 3.94. The number of amides is 1. The standard InChI is InChI=1S/C18H28N2O2S/c1-4-16-12-20(11-15(3)22-16)13-18(21)19-9-10-23-17-7-5-14(2)6-8-17/h5-8,15-16H,4,9-13H2,1-3H3,(H,19,21). The zero-order valence-corrected chi connectivity index (χ0v) is 15.2. The van der Waals surface area contributed by atoms with E-state index in [2.05, 4.69) is 55.3 Å². The first-order valence-corrected chi connectivity index (χ1v) is 9.39. The Morgan fingerprint density at radius 3 is 2.78 bits per heavy atom. The van der Waals surface area contributed by atoms with E-state index in [4.69, 9.17) is 4.74 Å². The van der Waals surface area contributed by atoms with Gasteiger partial charge in [-0.25, -0.2) is 0 Å². The number of rotatable bonds is 7. The van der Waals surface area contributed by atoms with Crippen LogP contribution >= 0.6 is 11.8 Å². The molecule has 0 saturated carbocycles. The highest BCUT2D eigenvalue weighted by atomic mass is 32.2. The quantitative estimate of drug-likeness (QED) is 0.614. The molecule has 1 aromatic rings. The van der Waals surface area contributed by atoms with Gasteiger partial charge in [0.25, 0.3) is 0 Å². The van der Waals surface area contributed by atoms with Crippen molar-refractivity contribution in [3.8, 4) is 0 Å². The second-order valence-electron chi connectivity index (χ2n) is 6.18. The average Bonchev–Trinajstić information content (AvgIpc) is 2.52. The summed E-state index contributed by atoms with van der Waals surface area (Å²) in [4.78, 5) is 15.5. The maximum Gasteiger partial charge on any atom is 0.234 e. The van der Waals surface area contributed by atoms with Gasteiger partial charge >= 0.3 is 0 Å². The number of ether oxygens (including phenoxy) is 1. The number of morpholine rings is 1. The minimum atomic E-state index is 0.110. The molecule has 1 aromatic carbocycles. The van der Waals surface area contributed by atoms with Gasteiger partial charge in [-0.3, -0.25) is 9.69 Å². The monoisotopic (exact) mass is 336 g/mol. The summed E-state index contributed by atoms with van der Waals surface area (Å²) in [7, 11) is 0. The Bertz CT molecular complexity index is 492. The summed E-state index contributed by atoms with van der Waals surface area (Å²) >= 11 is 1.77. The van der Waals surface area contributed by atoms with E-state index in [0.717, 1.165) is 25.3 Å². The Morgan fingerprint density at radius 1 is 1.35 bits per heavy atom. The van der Waals surface area contributed by atoms with Crippen molar-refractivity contribution in [3.63, 3.8) is 0 Å². The third kappa shape index (κ3) is 6.53. The van der Waals surface area contributed by atoms with E-state index >= 15 is 0 Å². The fraction of sp³-hybridized carbons (Fsp3) is 0.611. The second kappa shape index (κ2) is 9.30. The van der Waals surface area contributed by atoms with Crippen LogP contribution in [-0.4, -0.2) is 54.9 Å². The van der Waals surface area contributed by atoms with Crippen molar-refractivity contribution in [1.29, 1.82) is 0 Å². The van der Waals surface area contributed by atoms with Gasteiger partial charge in [-0.05, 0) is 32.4 Å². The molecule has 2 atom stereocenters. The molecule has 1 amide bonds. The molecular formula is C18H28N2O2S. The van der Waals surface area contributed by atoms with Crippen LogP contribution in [0.2, 0.25) is 0 Å². The van der Waals surface area contributed by atoms with E-state index in [0.29, 0.717) is 13.1 Å². The number of aryl methyl sites for hydroxylation is 1. The maximum absolute atomic E-state index is 12.1. The minimum absolute atomic E-state index is 0.110. The summed E-state index contributed by atoms with van der Waals surface area (Å²) in [6.45, 7) is 9.15. The molecule has 23 heavy (non-hydrogen) atoms. The highest BCUT2D eigenvalue weighted by Gasteiger charge is 2.25. The van der Waals surface area contributed by atoms with Gasteiger partial charge in [0.2, 0.25) is 5.91 Å². The number of hydrogen-bond acceptors (Lipinski definition) is 4. The highest BCUT2D eigenvalue weighted by molar-refractivity contribution is 7.99. The average molecular weight is 337 g/mol. The lowest BCUT2D eigenvalue weighted by Crippen LogP contribution is -2.49. The van der Waals surface area contributed by atoms with Gasteiger partial charge in [0, 0.05) is 30.3 Å². The number of nitrogens with zero attached hydrogens (tertiary/aromatic N) is 1. The van der Waals surface area contributed by atoms with Gasteiger partial charge in [-0.2, -0.15) is 0 Å². The first-order chi connectivity index (χ1) is 11.1. The molecule has 5 heteroatoms. The van der Waals surface area contributed by atoms with Crippen molar-refractivity contribution in [2.45, 2.75) is 44.3 Å². The van der Waals surface area contributed by atoms with Crippen LogP contribution in [0.3, 0.4) is 0 Å². The van der Waals surface area contributed by atoms with Crippen molar-refractivity contribution < 1.29 is 9.53 Å². The largest absolute Gasteiger partial charge is 0.373 e. The Labute approximate surface area is 144 Å². The molecule has 1 aliphatic rings. The summed E-state index contributed by atoms with van der Waals surface area (Å²) in [6.07, 6.45) is 1.46. The molecule has 1 fully saturated rings. The number of hydrogen-bond donors (Lipinski definition) is 1. The Morgan fingerprint density at radius 2 is 2.09 bits per heavy atom. The summed E-state index contributed by atoms with van der Waals surface area (Å²) in [5.41, 5.74) is 1.27. The minimum Gasteiger partial charge on any atom is -0.373 e. The number of nitrogens with one attached hydrogen (secondary N) is 1. The van der Waals surface area contributed by atoms with Crippen molar-refractivity contribution in [3.05, 3.63) is 29.8 Å². The molecule has 2 rings (SSSR count). The van der Waals surface area contributed by atoms with Crippen LogP contribution in [0.4, 0.5) is 0 Å². The molecule has 1 N–H and O–H groups in total. The van der Waals surface area contributed by atoms with E-state index in [1.54, 1.807) is 11.8 Å². The molecule has 1 heterocycles. The lowest BCUT2D eigenvalue weighted by Gasteiger charge is -2.36. The smallest absolute Gasteiger partial charge is 0.234 e. The van der Waals surface area contributed by atoms with Crippen LogP contribution in [0.1, 0.15) is 25.8 Å². The summed E-state index contributed by atoms with van der Waals surface area (Å²) in [5.74, 6) is 1.00. The highest BCUT2D eigenvalue weighted by Crippen LogP contribution is 2.17. The van der Waals surface area contributed by atoms with E-state index in [1.807, 2.05) is 0 Å². The van der Waals surface area contributed by atoms with Gasteiger partial charge in [-0.1, -0.05) is 24.6 Å². The number of carbonyl (C=O) groups is 1. The molecule has 1 aliphatic heterocycles. The topological polar surface area (TPSA) is 41.6 Å². The summed E-state index contributed by atoms with van der Waals surface area (Å²) < 4.78 is 5.83. The van der Waals surface area contributed by atoms with Crippen LogP contribution in [0.25, 0.3) is 0 Å². The van der Waals surface area contributed by atoms with Crippen molar-refractivity contribution in [2.75, 3.05) is 31.9 Å². The van der Waals surface area contributed by atoms with E-state index in [1.165, 1.54) is 10.5 Å². The van der Waals surface area contributed by atoms with Crippen LogP contribution in [0.15, 0.2) is 29.2 Å². The number of carbonyl (C=O) groups excluding carboxylic acids is 1. The molecule has 0 spiro atoms. The van der Waals surface area contributed by atoms with E-state index in [9.17, 15) is 4.79 Å². The van der Waals surface area contributed by atoms with Gasteiger partial charge in [-0.15, -0.1) is 11.8 Å². The molecule has 2 unspecified atom stereocenters. The lowest BCUT2D eigenvalue weighted by atomic mass is 10.2. The molecular weight excluding hydrogens is 308 g/mol. The Hall–Kier alpha value is -1.04. The van der Waals surface area contributed by atoms with Gasteiger partial charge in [0.05, 0.1) is 18.8 Å². The van der Waals surface area contributed by atoms with Crippen LogP contribution in [-0.2, 0) is 9.53 Å². The van der Waals surface area contributed by atoms with E-state index in [-0.39, 0.29) is 18.1 Å². The molecule has 128 valence electrons. The summed E-state index contributed by atoms with van der Waals surface area (Å²) in [5, 5.41) is 3.02. The van der Waals surface area contributed by atoms with Gasteiger partial charge < -0.3 is 10.1 Å². The Balaban J connectivity index is 1.64. The molecule has 1 saturated heterocycles. The predicted octanol–water partition coefficient (Wildman–Crippen LogP) is 2.70. The molecule has 0 radical (unpaired) electrons. The first-order valence-electron chi connectivity index (χ1n) is 8.40. The van der Waals surface area contributed by atoms with Crippen molar-refractivity contribution >= 4 is 17.7 Å². The third-order valence-corrected chi connectivity index (χ3v) is 4.95. The molecule has 0 aliphatic carbocycles. The Kier molecular flexibility index (Phi) is 7.40. The van der Waals surface area contributed by atoms with E-state index < -0.39 is 0 Å². The normalized spacial score (nSPS) is 22.0. The maximum atomic E-state index is 12.1. The zero-order chi connectivity index (χ0) is 16.7. The predicted molar refractivity (Wildman–Crippen MR) is 96.0 cm³/mol. The fourth-order valence-electron chi connectivity index (χ4n) is 2.75. The second-order valence-corrected chi connectivity index (χ2v) is 7.35. The molecule has 0 bridgehead atoms. The number of thioether (sulfide) groups is 1. The number of benzene rings is 1. The van der Waals surface area contributed by atoms with Crippen LogP contribution in [0, 0.1) is 6.92 Å². The van der Waals surface area contributed by atoms with Crippen LogP contribution in [0.5, 0.6) is 0 Å². The van der Waals surface area contributed by atoms with Gasteiger partial charge in [0.15, 0.2) is 0 Å². The molecule has 4 nitrogen and oxygen atoms in total. The molecule has 0 aromatic heterocycles.